The fraction of sp³-hybridized carbons (Fsp3) is 0.833. The molecule has 0 spiro atoms. The van der Waals surface area contributed by atoms with Crippen molar-refractivity contribution in [3.05, 3.63) is 0 Å². The Balaban J connectivity index is 2.43. The van der Waals surface area contributed by atoms with E-state index in [4.69, 9.17) is 4.74 Å². The van der Waals surface area contributed by atoms with Crippen LogP contribution < -0.4 is 10.6 Å². The highest BCUT2D eigenvalue weighted by Crippen LogP contribution is 2.12. The molecule has 1 rings (SSSR count). The van der Waals surface area contributed by atoms with Crippen LogP contribution in [0.2, 0.25) is 0 Å². The van der Waals surface area contributed by atoms with Gasteiger partial charge in [0.25, 0.3) is 0 Å². The summed E-state index contributed by atoms with van der Waals surface area (Å²) >= 11 is 0. The Bertz CT molecular complexity index is 269. The Kier molecular flexibility index (Phi) is 5.41. The van der Waals surface area contributed by atoms with Gasteiger partial charge < -0.3 is 15.4 Å². The van der Waals surface area contributed by atoms with E-state index in [0.717, 1.165) is 0 Å². The zero-order valence-corrected chi connectivity index (χ0v) is 10.8. The number of amides is 2. The van der Waals surface area contributed by atoms with Gasteiger partial charge in [0.05, 0.1) is 18.6 Å². The molecule has 1 aliphatic heterocycles. The van der Waals surface area contributed by atoms with Gasteiger partial charge in [-0.2, -0.15) is 0 Å². The monoisotopic (exact) mass is 242 g/mol. The normalized spacial score (nSPS) is 22.1. The maximum Gasteiger partial charge on any atom is 0.225 e. The molecule has 98 valence electrons. The molecule has 2 atom stereocenters. The molecule has 0 radical (unpaired) electrons. The third kappa shape index (κ3) is 4.34. The van der Waals surface area contributed by atoms with Gasteiger partial charge in [-0.05, 0) is 12.3 Å². The summed E-state index contributed by atoms with van der Waals surface area (Å²) in [4.78, 5) is 23.0. The molecule has 0 saturated carbocycles. The van der Waals surface area contributed by atoms with Crippen molar-refractivity contribution in [1.29, 1.82) is 0 Å². The minimum absolute atomic E-state index is 0.0146. The van der Waals surface area contributed by atoms with Crippen LogP contribution in [-0.4, -0.2) is 38.1 Å². The van der Waals surface area contributed by atoms with Crippen molar-refractivity contribution in [2.75, 3.05) is 20.3 Å². The summed E-state index contributed by atoms with van der Waals surface area (Å²) in [6.45, 7) is 5.06. The molecule has 1 heterocycles. The van der Waals surface area contributed by atoms with Crippen LogP contribution in [0, 0.1) is 11.8 Å². The Labute approximate surface area is 102 Å². The molecule has 5 heteroatoms. The molecule has 2 amide bonds. The van der Waals surface area contributed by atoms with Crippen LogP contribution in [-0.2, 0) is 14.3 Å². The van der Waals surface area contributed by atoms with Crippen LogP contribution in [0.1, 0.15) is 26.7 Å². The van der Waals surface area contributed by atoms with Gasteiger partial charge in [0.2, 0.25) is 11.8 Å². The van der Waals surface area contributed by atoms with E-state index in [0.29, 0.717) is 31.9 Å². The van der Waals surface area contributed by atoms with Crippen molar-refractivity contribution in [2.45, 2.75) is 32.7 Å². The van der Waals surface area contributed by atoms with Gasteiger partial charge in [-0.15, -0.1) is 0 Å². The second kappa shape index (κ2) is 6.59. The Morgan fingerprint density at radius 2 is 2.29 bits per heavy atom. The van der Waals surface area contributed by atoms with Crippen LogP contribution in [0.25, 0.3) is 0 Å². The highest BCUT2D eigenvalue weighted by Gasteiger charge is 2.26. The third-order valence-corrected chi connectivity index (χ3v) is 3.11. The predicted molar refractivity (Wildman–Crippen MR) is 64.4 cm³/mol. The lowest BCUT2D eigenvalue weighted by molar-refractivity contribution is -0.129. The second-order valence-corrected chi connectivity index (χ2v) is 4.85. The number of hydrogen-bond donors (Lipinski definition) is 2. The smallest absolute Gasteiger partial charge is 0.225 e. The first kappa shape index (κ1) is 14.0. The molecule has 5 nitrogen and oxygen atoms in total. The molecule has 2 N–H and O–H groups in total. The van der Waals surface area contributed by atoms with Gasteiger partial charge in [0.15, 0.2) is 0 Å². The van der Waals surface area contributed by atoms with E-state index < -0.39 is 0 Å². The van der Waals surface area contributed by atoms with Gasteiger partial charge in [-0.1, -0.05) is 13.8 Å². The molecule has 0 aromatic rings. The van der Waals surface area contributed by atoms with Crippen LogP contribution in [0.5, 0.6) is 0 Å². The lowest BCUT2D eigenvalue weighted by atomic mass is 9.97. The van der Waals surface area contributed by atoms with Gasteiger partial charge in [0.1, 0.15) is 0 Å². The number of piperidine rings is 1. The summed E-state index contributed by atoms with van der Waals surface area (Å²) in [6, 6.07) is 0.0325. The maximum absolute atomic E-state index is 12.0. The van der Waals surface area contributed by atoms with Crippen LogP contribution in [0.4, 0.5) is 0 Å². The zero-order valence-electron chi connectivity index (χ0n) is 10.8. The number of nitrogens with one attached hydrogen (secondary N) is 2. The summed E-state index contributed by atoms with van der Waals surface area (Å²) in [7, 11) is 1.63. The first-order valence-electron chi connectivity index (χ1n) is 6.10. The Hall–Kier alpha value is -1.10. The Morgan fingerprint density at radius 1 is 1.59 bits per heavy atom. The first-order valence-corrected chi connectivity index (χ1v) is 6.10. The minimum Gasteiger partial charge on any atom is -0.383 e. The van der Waals surface area contributed by atoms with Crippen molar-refractivity contribution < 1.29 is 14.3 Å². The third-order valence-electron chi connectivity index (χ3n) is 3.11. The van der Waals surface area contributed by atoms with Gasteiger partial charge in [-0.3, -0.25) is 9.59 Å². The molecule has 1 saturated heterocycles. The van der Waals surface area contributed by atoms with E-state index in [1.807, 2.05) is 13.8 Å². The molecular formula is C12H22N2O3. The van der Waals surface area contributed by atoms with Crippen molar-refractivity contribution in [2.24, 2.45) is 11.8 Å². The second-order valence-electron chi connectivity index (χ2n) is 4.85. The van der Waals surface area contributed by atoms with Crippen molar-refractivity contribution >= 4 is 11.8 Å². The fourth-order valence-electron chi connectivity index (χ4n) is 1.84. The number of rotatable bonds is 5. The average molecular weight is 242 g/mol. The minimum atomic E-state index is -0.106. The van der Waals surface area contributed by atoms with E-state index in [2.05, 4.69) is 10.6 Å². The summed E-state index contributed by atoms with van der Waals surface area (Å²) in [6.07, 6.45) is 1.07. The van der Waals surface area contributed by atoms with Crippen LogP contribution in [0.3, 0.4) is 0 Å². The van der Waals surface area contributed by atoms with Gasteiger partial charge in [-0.25, -0.2) is 0 Å². The summed E-state index contributed by atoms with van der Waals surface area (Å²) in [5.74, 6) is 0.273. The van der Waals surface area contributed by atoms with E-state index in [1.165, 1.54) is 0 Å². The predicted octanol–water partition coefficient (Wildman–Crippen LogP) is 0.300. The molecule has 0 aliphatic carbocycles. The number of hydrogen-bond acceptors (Lipinski definition) is 3. The molecule has 0 bridgehead atoms. The van der Waals surface area contributed by atoms with Crippen LogP contribution >= 0.6 is 0 Å². The van der Waals surface area contributed by atoms with Crippen LogP contribution in [0.15, 0.2) is 0 Å². The van der Waals surface area contributed by atoms with Crippen molar-refractivity contribution in [3.8, 4) is 0 Å². The highest BCUT2D eigenvalue weighted by molar-refractivity contribution is 5.83. The quantitative estimate of drug-likeness (QED) is 0.728. The summed E-state index contributed by atoms with van der Waals surface area (Å²) in [5, 5.41) is 5.70. The van der Waals surface area contributed by atoms with Gasteiger partial charge in [0, 0.05) is 20.1 Å². The van der Waals surface area contributed by atoms with Gasteiger partial charge >= 0.3 is 0 Å². The lowest BCUT2D eigenvalue weighted by Gasteiger charge is -2.26. The fourth-order valence-corrected chi connectivity index (χ4v) is 1.84. The zero-order chi connectivity index (χ0) is 12.8. The molecule has 0 aromatic carbocycles. The molecule has 1 aliphatic rings. The Morgan fingerprint density at radius 3 is 2.76 bits per heavy atom. The van der Waals surface area contributed by atoms with Crippen molar-refractivity contribution in [3.63, 3.8) is 0 Å². The largest absolute Gasteiger partial charge is 0.383 e. The number of ether oxygens (including phenoxy) is 1. The molecule has 0 aromatic heterocycles. The first-order chi connectivity index (χ1) is 8.04. The topological polar surface area (TPSA) is 67.4 Å². The standard InChI is InChI=1S/C12H22N2O3/c1-8(2)10(7-17-3)14-12(16)9-4-5-11(15)13-6-9/h8-10H,4-7H2,1-3H3,(H,13,15)(H,14,16). The summed E-state index contributed by atoms with van der Waals surface area (Å²) in [5.41, 5.74) is 0. The van der Waals surface area contributed by atoms with E-state index in [9.17, 15) is 9.59 Å². The SMILES string of the molecule is COCC(NC(=O)C1CCC(=O)NC1)C(C)C. The highest BCUT2D eigenvalue weighted by atomic mass is 16.5. The van der Waals surface area contributed by atoms with E-state index >= 15 is 0 Å². The van der Waals surface area contributed by atoms with Crippen molar-refractivity contribution in [1.82, 2.24) is 10.6 Å². The van der Waals surface area contributed by atoms with E-state index in [-0.39, 0.29) is 23.8 Å². The number of carbonyl (C=O) groups excluding carboxylic acids is 2. The van der Waals surface area contributed by atoms with E-state index in [1.54, 1.807) is 7.11 Å². The number of carbonyl (C=O) groups is 2. The number of methoxy groups -OCH3 is 1. The molecule has 1 fully saturated rings. The average Bonchev–Trinajstić information content (AvgIpc) is 2.29. The summed E-state index contributed by atoms with van der Waals surface area (Å²) < 4.78 is 5.09. The molecule has 2 unspecified atom stereocenters. The molecule has 17 heavy (non-hydrogen) atoms. The maximum atomic E-state index is 12.0. The molecular weight excluding hydrogens is 220 g/mol. The lowest BCUT2D eigenvalue weighted by Crippen LogP contribution is -2.48.